The maximum Gasteiger partial charge on any atom is 0.192 e. The van der Waals surface area contributed by atoms with Crippen LogP contribution < -0.4 is 9.47 Å². The zero-order chi connectivity index (χ0) is 40.6. The van der Waals surface area contributed by atoms with Crippen LogP contribution in [0.25, 0.3) is 0 Å². The van der Waals surface area contributed by atoms with E-state index in [1.165, 1.54) is 0 Å². The summed E-state index contributed by atoms with van der Waals surface area (Å²) in [5.41, 5.74) is -1.53. The Labute approximate surface area is 330 Å². The predicted octanol–water partition coefficient (Wildman–Crippen LogP) is 8.07. The first kappa shape index (κ1) is 43.5. The van der Waals surface area contributed by atoms with Gasteiger partial charge in [-0.15, -0.1) is 0 Å². The van der Waals surface area contributed by atoms with Crippen molar-refractivity contribution < 1.29 is 47.5 Å². The van der Waals surface area contributed by atoms with E-state index in [9.17, 15) is 9.90 Å². The van der Waals surface area contributed by atoms with Crippen molar-refractivity contribution in [1.29, 1.82) is 0 Å². The summed E-state index contributed by atoms with van der Waals surface area (Å²) >= 11 is 0. The lowest BCUT2D eigenvalue weighted by molar-refractivity contribution is -0.224. The summed E-state index contributed by atoms with van der Waals surface area (Å²) in [5.74, 6) is -1.18. The van der Waals surface area contributed by atoms with Crippen molar-refractivity contribution in [2.75, 3.05) is 20.8 Å². The number of aliphatic hydroxyl groups is 1. The Morgan fingerprint density at radius 3 is 1.98 bits per heavy atom. The second kappa shape index (κ2) is 16.3. The molecule has 3 aliphatic rings. The Morgan fingerprint density at radius 1 is 0.927 bits per heavy atom. The van der Waals surface area contributed by atoms with E-state index < -0.39 is 60.9 Å². The molecule has 0 amide bonds. The monoisotopic (exact) mass is 782 g/mol. The molecule has 306 valence electrons. The van der Waals surface area contributed by atoms with Crippen LogP contribution in [0, 0.1) is 23.2 Å². The number of aldehydes is 1. The first-order chi connectivity index (χ1) is 25.6. The van der Waals surface area contributed by atoms with Crippen molar-refractivity contribution in [2.24, 2.45) is 23.2 Å². The molecular formula is C44H66O10Si. The highest BCUT2D eigenvalue weighted by Gasteiger charge is 2.67. The molecule has 2 bridgehead atoms. The fourth-order valence-electron chi connectivity index (χ4n) is 8.98. The standard InChI is InChI=1S/C44H66O10Si/c1-29-35(43(28-52-42(7,8)54-43)36(22-24-45)50-26-30-13-17-32(48-9)18-14-30)25-37(53-55(11,12)40(2,3)4)44(47)23-21-34(41(44,5)6)39(38(29)46)51-27-31-15-19-33(49-10)20-16-31/h13-20,24,29,34-37,39,47H,21-23,25-28H2,1-12H3/t29-,34?,35+,36-,37-,39-,43-,44?/m1/s1. The molecule has 2 aliphatic carbocycles. The average Bonchev–Trinajstić information content (AvgIpc) is 3.59. The minimum atomic E-state index is -2.51. The van der Waals surface area contributed by atoms with E-state index in [-0.39, 0.29) is 49.4 Å². The molecule has 10 nitrogen and oxygen atoms in total. The molecule has 1 aliphatic heterocycles. The Balaban J connectivity index is 1.64. The van der Waals surface area contributed by atoms with Crippen molar-refractivity contribution >= 4 is 20.4 Å². The number of ketones is 1. The summed E-state index contributed by atoms with van der Waals surface area (Å²) in [4.78, 5) is 27.9. The molecule has 2 aromatic rings. The minimum Gasteiger partial charge on any atom is -0.497 e. The third-order valence-electron chi connectivity index (χ3n) is 13.6. The lowest BCUT2D eigenvalue weighted by atomic mass is 9.67. The van der Waals surface area contributed by atoms with Crippen molar-refractivity contribution in [3.05, 3.63) is 59.7 Å². The Bertz CT molecular complexity index is 1620. The minimum absolute atomic E-state index is 0.0105. The van der Waals surface area contributed by atoms with Crippen LogP contribution in [0.5, 0.6) is 11.5 Å². The maximum absolute atomic E-state index is 15.3. The Hall–Kier alpha value is -2.64. The number of hydrogen-bond donors (Lipinski definition) is 1. The molecule has 55 heavy (non-hydrogen) atoms. The van der Waals surface area contributed by atoms with Crippen molar-refractivity contribution in [2.45, 2.75) is 148 Å². The van der Waals surface area contributed by atoms with E-state index >= 15 is 4.79 Å². The third kappa shape index (κ3) is 8.64. The average molecular weight is 783 g/mol. The van der Waals surface area contributed by atoms with Gasteiger partial charge >= 0.3 is 0 Å². The van der Waals surface area contributed by atoms with Crippen LogP contribution >= 0.6 is 0 Å². The molecule has 2 unspecified atom stereocenters. The van der Waals surface area contributed by atoms with Gasteiger partial charge in [0.15, 0.2) is 19.9 Å². The number of Topliss-reactive ketones (excluding diaryl/α,β-unsaturated/α-hetero) is 1. The molecule has 0 radical (unpaired) electrons. The molecule has 1 N–H and O–H groups in total. The van der Waals surface area contributed by atoms with Gasteiger partial charge in [0.05, 0.1) is 51.8 Å². The molecule has 5 rings (SSSR count). The Kier molecular flexibility index (Phi) is 12.9. The largest absolute Gasteiger partial charge is 0.497 e. The number of ether oxygens (including phenoxy) is 6. The highest BCUT2D eigenvalue weighted by atomic mass is 28.4. The predicted molar refractivity (Wildman–Crippen MR) is 213 cm³/mol. The summed E-state index contributed by atoms with van der Waals surface area (Å²) in [6.45, 7) is 21.2. The van der Waals surface area contributed by atoms with Gasteiger partial charge in [0.1, 0.15) is 29.5 Å². The van der Waals surface area contributed by atoms with Gasteiger partial charge in [0, 0.05) is 29.6 Å². The lowest BCUT2D eigenvalue weighted by Crippen LogP contribution is -2.61. The summed E-state index contributed by atoms with van der Waals surface area (Å²) in [7, 11) is 0.739. The fraction of sp³-hybridized carbons (Fsp3) is 0.682. The van der Waals surface area contributed by atoms with Gasteiger partial charge < -0.3 is 42.7 Å². The third-order valence-corrected chi connectivity index (χ3v) is 18.1. The van der Waals surface area contributed by atoms with Crippen LogP contribution in [0.4, 0.5) is 0 Å². The zero-order valence-corrected chi connectivity index (χ0v) is 36.2. The number of rotatable bonds is 14. The van der Waals surface area contributed by atoms with Crippen LogP contribution in [-0.4, -0.2) is 81.6 Å². The van der Waals surface area contributed by atoms with Crippen molar-refractivity contribution in [1.82, 2.24) is 0 Å². The number of carbonyl (C=O) groups is 2. The molecule has 11 heteroatoms. The Morgan fingerprint density at radius 2 is 1.49 bits per heavy atom. The summed E-state index contributed by atoms with van der Waals surface area (Å²) in [6, 6.07) is 15.2. The lowest BCUT2D eigenvalue weighted by Gasteiger charge is -2.51. The molecule has 2 aromatic carbocycles. The number of hydrogen-bond acceptors (Lipinski definition) is 10. The molecule has 0 spiro atoms. The first-order valence-corrected chi connectivity index (χ1v) is 22.8. The highest BCUT2D eigenvalue weighted by molar-refractivity contribution is 6.74. The molecular weight excluding hydrogens is 717 g/mol. The number of fused-ring (bicyclic) bond motifs is 2. The second-order valence-corrected chi connectivity index (χ2v) is 23.3. The molecule has 2 saturated carbocycles. The van der Waals surface area contributed by atoms with E-state index in [2.05, 4.69) is 47.7 Å². The first-order valence-electron chi connectivity index (χ1n) is 19.9. The quantitative estimate of drug-likeness (QED) is 0.149. The van der Waals surface area contributed by atoms with Crippen LogP contribution in [-0.2, 0) is 46.2 Å². The molecule has 1 heterocycles. The van der Waals surface area contributed by atoms with E-state index in [0.717, 1.165) is 28.9 Å². The van der Waals surface area contributed by atoms with Crippen molar-refractivity contribution in [3.8, 4) is 11.5 Å². The van der Waals surface area contributed by atoms with Crippen molar-refractivity contribution in [3.63, 3.8) is 0 Å². The smallest absolute Gasteiger partial charge is 0.192 e. The van der Waals surface area contributed by atoms with Gasteiger partial charge in [0.25, 0.3) is 0 Å². The van der Waals surface area contributed by atoms with Gasteiger partial charge in [-0.25, -0.2) is 0 Å². The van der Waals surface area contributed by atoms with E-state index in [1.54, 1.807) is 14.2 Å². The van der Waals surface area contributed by atoms with Gasteiger partial charge in [-0.2, -0.15) is 0 Å². The molecule has 3 fully saturated rings. The van der Waals surface area contributed by atoms with Crippen LogP contribution in [0.15, 0.2) is 48.5 Å². The van der Waals surface area contributed by atoms with Gasteiger partial charge in [-0.1, -0.05) is 65.8 Å². The fourth-order valence-corrected chi connectivity index (χ4v) is 10.3. The second-order valence-electron chi connectivity index (χ2n) is 18.6. The van der Waals surface area contributed by atoms with Gasteiger partial charge in [0.2, 0.25) is 0 Å². The SMILES string of the molecule is COc1ccc(CO[C@H]2C(=O)[C@H](C)[C@@H]([C@@]3([C@@H](CC=O)OCc4ccc(OC)cc4)COC(C)(C)O3)C[C@@H](O[Si](C)(C)C(C)(C)C)C3(O)CCC2C3(C)C)cc1. The normalized spacial score (nSPS) is 31.3. The van der Waals surface area contributed by atoms with Gasteiger partial charge in [-0.3, -0.25) is 4.79 Å². The molecule has 8 atom stereocenters. The summed E-state index contributed by atoms with van der Waals surface area (Å²) in [6.07, 6.45) is -0.0735. The zero-order valence-electron chi connectivity index (χ0n) is 35.2. The topological polar surface area (TPSA) is 119 Å². The number of carbonyl (C=O) groups excluding carboxylic acids is 2. The molecule has 0 aromatic heterocycles. The van der Waals surface area contributed by atoms with Crippen LogP contribution in [0.2, 0.25) is 18.1 Å². The maximum atomic E-state index is 15.3. The molecule has 1 saturated heterocycles. The summed E-state index contributed by atoms with van der Waals surface area (Å²) in [5, 5.41) is 13.1. The van der Waals surface area contributed by atoms with Crippen LogP contribution in [0.1, 0.15) is 92.2 Å². The summed E-state index contributed by atoms with van der Waals surface area (Å²) < 4.78 is 44.9. The van der Waals surface area contributed by atoms with Gasteiger partial charge in [-0.05, 0) is 86.6 Å². The highest BCUT2D eigenvalue weighted by Crippen LogP contribution is 2.59. The number of benzene rings is 2. The van der Waals surface area contributed by atoms with Crippen LogP contribution in [0.3, 0.4) is 0 Å². The van der Waals surface area contributed by atoms with E-state index in [1.807, 2.05) is 69.3 Å². The van der Waals surface area contributed by atoms with E-state index in [0.29, 0.717) is 12.8 Å². The van der Waals surface area contributed by atoms with E-state index in [4.69, 9.17) is 32.8 Å². The number of methoxy groups -OCH3 is 2.